The Morgan fingerprint density at radius 1 is 1.05 bits per heavy atom. The van der Waals surface area contributed by atoms with Crippen molar-refractivity contribution in [1.29, 1.82) is 0 Å². The molecule has 0 spiro atoms. The number of ketones is 1. The van der Waals surface area contributed by atoms with E-state index in [1.165, 1.54) is 18.2 Å². The van der Waals surface area contributed by atoms with Crippen LogP contribution < -0.4 is 5.32 Å². The number of hydrogen-bond acceptors (Lipinski definition) is 4. The molecule has 0 saturated carbocycles. The van der Waals surface area contributed by atoms with Crippen LogP contribution in [0.25, 0.3) is 0 Å². The van der Waals surface area contributed by atoms with Crippen molar-refractivity contribution in [3.8, 4) is 11.5 Å². The Morgan fingerprint density at radius 3 is 2.37 bits per heavy atom. The summed E-state index contributed by atoms with van der Waals surface area (Å²) in [5, 5.41) is 21.5. The summed E-state index contributed by atoms with van der Waals surface area (Å²) in [6.07, 6.45) is 0. The molecular weight excluding hydrogens is 310 g/mol. The van der Waals surface area contributed by atoms with Crippen LogP contribution in [0.4, 0.5) is 5.69 Å². The number of Topliss-reactive ketones (excluding diaryl/α,β-unsaturated/α-hetero) is 1. The minimum atomic E-state index is -0.297. The zero-order valence-corrected chi connectivity index (χ0v) is 11.5. The van der Waals surface area contributed by atoms with Crippen molar-refractivity contribution < 1.29 is 15.0 Å². The minimum Gasteiger partial charge on any atom is -0.504 e. The van der Waals surface area contributed by atoms with Gasteiger partial charge in [-0.3, -0.25) is 4.79 Å². The lowest BCUT2D eigenvalue weighted by molar-refractivity contribution is 0.101. The Balaban J connectivity index is 2.01. The van der Waals surface area contributed by atoms with Crippen molar-refractivity contribution in [2.75, 3.05) is 11.9 Å². The number of carbonyl (C=O) groups excluding carboxylic acids is 1. The van der Waals surface area contributed by atoms with Crippen molar-refractivity contribution >= 4 is 27.4 Å². The van der Waals surface area contributed by atoms with E-state index in [1.54, 1.807) is 0 Å². The lowest BCUT2D eigenvalue weighted by Crippen LogP contribution is -2.13. The Kier molecular flexibility index (Phi) is 4.06. The third-order valence-electron chi connectivity index (χ3n) is 2.59. The number of nitrogens with one attached hydrogen (secondary N) is 1. The Bertz CT molecular complexity index is 596. The van der Waals surface area contributed by atoms with Gasteiger partial charge in [0.25, 0.3) is 0 Å². The highest BCUT2D eigenvalue weighted by Crippen LogP contribution is 2.25. The molecule has 5 heteroatoms. The summed E-state index contributed by atoms with van der Waals surface area (Å²) in [6, 6.07) is 11.5. The van der Waals surface area contributed by atoms with Crippen LogP contribution >= 0.6 is 15.9 Å². The largest absolute Gasteiger partial charge is 0.504 e. The predicted octanol–water partition coefficient (Wildman–Crippen LogP) is 3.16. The summed E-state index contributed by atoms with van der Waals surface area (Å²) in [4.78, 5) is 11.9. The molecule has 0 aliphatic rings. The van der Waals surface area contributed by atoms with Gasteiger partial charge in [0.05, 0.1) is 6.54 Å². The molecule has 2 rings (SSSR count). The first kappa shape index (κ1) is 13.4. The molecule has 0 fully saturated rings. The first-order valence-corrected chi connectivity index (χ1v) is 6.40. The molecule has 98 valence electrons. The lowest BCUT2D eigenvalue weighted by Gasteiger charge is -2.06. The molecule has 3 N–H and O–H groups in total. The summed E-state index contributed by atoms with van der Waals surface area (Å²) < 4.78 is 0.966. The first-order chi connectivity index (χ1) is 9.06. The number of anilines is 1. The van der Waals surface area contributed by atoms with Gasteiger partial charge in [-0.2, -0.15) is 0 Å². The molecule has 0 aromatic heterocycles. The monoisotopic (exact) mass is 321 g/mol. The summed E-state index contributed by atoms with van der Waals surface area (Å²) in [5.74, 6) is -0.704. The second kappa shape index (κ2) is 5.75. The van der Waals surface area contributed by atoms with Crippen LogP contribution in [0, 0.1) is 0 Å². The highest BCUT2D eigenvalue weighted by Gasteiger charge is 2.08. The fraction of sp³-hybridized carbons (Fsp3) is 0.0714. The second-order valence-electron chi connectivity index (χ2n) is 3.99. The van der Waals surface area contributed by atoms with Crippen LogP contribution in [0.1, 0.15) is 10.4 Å². The molecule has 4 nitrogen and oxygen atoms in total. The van der Waals surface area contributed by atoms with Crippen LogP contribution in [0.2, 0.25) is 0 Å². The number of aromatic hydroxyl groups is 2. The van der Waals surface area contributed by atoms with Gasteiger partial charge in [0.2, 0.25) is 0 Å². The Hall–Kier alpha value is -2.01. The van der Waals surface area contributed by atoms with Crippen LogP contribution in [0.3, 0.4) is 0 Å². The molecule has 0 unspecified atom stereocenters. The van der Waals surface area contributed by atoms with E-state index in [9.17, 15) is 15.0 Å². The fourth-order valence-corrected chi connectivity index (χ4v) is 1.81. The van der Waals surface area contributed by atoms with Gasteiger partial charge >= 0.3 is 0 Å². The summed E-state index contributed by atoms with van der Waals surface area (Å²) in [6.45, 7) is 0.117. The number of halogens is 1. The molecule has 0 atom stereocenters. The average Bonchev–Trinajstić information content (AvgIpc) is 2.41. The SMILES string of the molecule is O=C(CNc1ccc(Br)cc1)c1ccc(O)c(O)c1. The van der Waals surface area contributed by atoms with Gasteiger partial charge in [0.15, 0.2) is 17.3 Å². The molecule has 0 radical (unpaired) electrons. The van der Waals surface area contributed by atoms with Crippen LogP contribution in [-0.2, 0) is 0 Å². The number of rotatable bonds is 4. The molecule has 0 bridgehead atoms. The first-order valence-electron chi connectivity index (χ1n) is 5.61. The smallest absolute Gasteiger partial charge is 0.181 e. The van der Waals surface area contributed by atoms with Crippen LogP contribution in [0.15, 0.2) is 46.9 Å². The normalized spacial score (nSPS) is 10.2. The molecule has 0 heterocycles. The van der Waals surface area contributed by atoms with Gasteiger partial charge in [-0.25, -0.2) is 0 Å². The fourth-order valence-electron chi connectivity index (χ4n) is 1.55. The maximum atomic E-state index is 11.9. The van der Waals surface area contributed by atoms with E-state index < -0.39 is 0 Å². The highest BCUT2D eigenvalue weighted by atomic mass is 79.9. The summed E-state index contributed by atoms with van der Waals surface area (Å²) in [7, 11) is 0. The zero-order chi connectivity index (χ0) is 13.8. The molecule has 2 aromatic carbocycles. The van der Waals surface area contributed by atoms with E-state index in [-0.39, 0.29) is 23.8 Å². The minimum absolute atomic E-state index is 0.117. The average molecular weight is 322 g/mol. The van der Waals surface area contributed by atoms with Gasteiger partial charge in [-0.1, -0.05) is 15.9 Å². The molecule has 19 heavy (non-hydrogen) atoms. The van der Waals surface area contributed by atoms with Gasteiger partial charge in [-0.15, -0.1) is 0 Å². The number of benzene rings is 2. The summed E-state index contributed by atoms with van der Waals surface area (Å²) in [5.41, 5.74) is 1.18. The highest BCUT2D eigenvalue weighted by molar-refractivity contribution is 9.10. The maximum absolute atomic E-state index is 11.9. The van der Waals surface area contributed by atoms with E-state index in [0.29, 0.717) is 5.56 Å². The van der Waals surface area contributed by atoms with E-state index in [2.05, 4.69) is 21.2 Å². The van der Waals surface area contributed by atoms with E-state index >= 15 is 0 Å². The van der Waals surface area contributed by atoms with E-state index in [1.807, 2.05) is 24.3 Å². The molecular formula is C14H12BrNO3. The van der Waals surface area contributed by atoms with Crippen molar-refractivity contribution in [1.82, 2.24) is 0 Å². The van der Waals surface area contributed by atoms with E-state index in [4.69, 9.17) is 0 Å². The van der Waals surface area contributed by atoms with Gasteiger partial charge in [0.1, 0.15) is 0 Å². The number of phenols is 2. The zero-order valence-electron chi connectivity index (χ0n) is 9.93. The van der Waals surface area contributed by atoms with E-state index in [0.717, 1.165) is 10.2 Å². The quantitative estimate of drug-likeness (QED) is 0.597. The third kappa shape index (κ3) is 3.48. The van der Waals surface area contributed by atoms with Crippen molar-refractivity contribution in [3.05, 3.63) is 52.5 Å². The van der Waals surface area contributed by atoms with Gasteiger partial charge < -0.3 is 15.5 Å². The molecule has 0 aliphatic carbocycles. The Labute approximate surface area is 118 Å². The summed E-state index contributed by atoms with van der Waals surface area (Å²) >= 11 is 3.33. The lowest BCUT2D eigenvalue weighted by atomic mass is 10.1. The molecule has 2 aromatic rings. The number of hydrogen-bond donors (Lipinski definition) is 3. The third-order valence-corrected chi connectivity index (χ3v) is 3.12. The molecule has 0 saturated heterocycles. The van der Waals surface area contributed by atoms with Crippen molar-refractivity contribution in [2.24, 2.45) is 0 Å². The topological polar surface area (TPSA) is 69.6 Å². The van der Waals surface area contributed by atoms with Crippen molar-refractivity contribution in [3.63, 3.8) is 0 Å². The number of phenolic OH excluding ortho intramolecular Hbond substituents is 2. The standard InChI is InChI=1S/C14H12BrNO3/c15-10-2-4-11(5-3-10)16-8-14(19)9-1-6-12(17)13(18)7-9/h1-7,16-18H,8H2. The van der Waals surface area contributed by atoms with Crippen molar-refractivity contribution in [2.45, 2.75) is 0 Å². The van der Waals surface area contributed by atoms with Gasteiger partial charge in [0, 0.05) is 15.7 Å². The predicted molar refractivity (Wildman–Crippen MR) is 76.7 cm³/mol. The maximum Gasteiger partial charge on any atom is 0.181 e. The van der Waals surface area contributed by atoms with Crippen LogP contribution in [0.5, 0.6) is 11.5 Å². The van der Waals surface area contributed by atoms with Gasteiger partial charge in [-0.05, 0) is 42.5 Å². The Morgan fingerprint density at radius 2 is 1.74 bits per heavy atom. The second-order valence-corrected chi connectivity index (χ2v) is 4.90. The molecule has 0 amide bonds. The molecule has 0 aliphatic heterocycles. The van der Waals surface area contributed by atoms with Crippen LogP contribution in [-0.4, -0.2) is 22.5 Å². The number of carbonyl (C=O) groups is 1.